The van der Waals surface area contributed by atoms with Gasteiger partial charge in [0.15, 0.2) is 0 Å². The van der Waals surface area contributed by atoms with E-state index >= 15 is 0 Å². The van der Waals surface area contributed by atoms with E-state index in [9.17, 15) is 0 Å². The lowest BCUT2D eigenvalue weighted by atomic mass is 9.83. The zero-order chi connectivity index (χ0) is 15.0. The topological polar surface area (TPSA) is 24.9 Å². The predicted molar refractivity (Wildman–Crippen MR) is 91.1 cm³/mol. The van der Waals surface area contributed by atoms with Gasteiger partial charge in [-0.3, -0.25) is 0 Å². The fourth-order valence-corrected chi connectivity index (χ4v) is 4.60. The molecule has 3 heteroatoms. The van der Waals surface area contributed by atoms with Crippen molar-refractivity contribution in [3.8, 4) is 0 Å². The minimum Gasteiger partial charge on any atom is -0.307 e. The lowest BCUT2D eigenvalue weighted by molar-refractivity contribution is 0.343. The molecule has 0 bridgehead atoms. The van der Waals surface area contributed by atoms with Crippen molar-refractivity contribution in [3.63, 3.8) is 0 Å². The highest BCUT2D eigenvalue weighted by atomic mass is 32.1. The van der Waals surface area contributed by atoms with Gasteiger partial charge in [-0.25, -0.2) is 4.98 Å². The van der Waals surface area contributed by atoms with Crippen LogP contribution in [0.5, 0.6) is 0 Å². The molecule has 118 valence electrons. The van der Waals surface area contributed by atoms with Gasteiger partial charge in [-0.2, -0.15) is 0 Å². The number of hydrogen-bond acceptors (Lipinski definition) is 3. The van der Waals surface area contributed by atoms with Crippen LogP contribution in [0, 0.1) is 5.92 Å². The third-order valence-electron chi connectivity index (χ3n) is 4.77. The van der Waals surface area contributed by atoms with Crippen molar-refractivity contribution >= 4 is 11.3 Å². The molecule has 0 amide bonds. The molecule has 0 radical (unpaired) electrons. The van der Waals surface area contributed by atoms with Gasteiger partial charge in [0.1, 0.15) is 0 Å². The van der Waals surface area contributed by atoms with E-state index < -0.39 is 0 Å². The second-order valence-corrected chi connectivity index (χ2v) is 9.32. The first-order valence-corrected chi connectivity index (χ1v) is 9.48. The van der Waals surface area contributed by atoms with Gasteiger partial charge in [0.2, 0.25) is 0 Å². The van der Waals surface area contributed by atoms with Gasteiger partial charge in [0, 0.05) is 28.8 Å². The lowest BCUT2D eigenvalue weighted by Crippen LogP contribution is -2.35. The fraction of sp³-hybridized carbons (Fsp3) is 0.833. The van der Waals surface area contributed by atoms with Crippen molar-refractivity contribution in [3.05, 3.63) is 15.6 Å². The maximum atomic E-state index is 5.11. The van der Waals surface area contributed by atoms with Crippen molar-refractivity contribution in [2.24, 2.45) is 5.92 Å². The van der Waals surface area contributed by atoms with E-state index in [2.05, 4.69) is 33.0 Å². The van der Waals surface area contributed by atoms with Crippen LogP contribution in [0.15, 0.2) is 0 Å². The van der Waals surface area contributed by atoms with Gasteiger partial charge >= 0.3 is 0 Å². The van der Waals surface area contributed by atoms with Crippen molar-refractivity contribution in [2.45, 2.75) is 90.1 Å². The molecule has 0 aliphatic heterocycles. The number of nitrogens with zero attached hydrogens (tertiary/aromatic N) is 1. The molecular formula is C18H30N2S. The van der Waals surface area contributed by atoms with Crippen LogP contribution in [0.2, 0.25) is 0 Å². The highest BCUT2D eigenvalue weighted by Gasteiger charge is 2.32. The summed E-state index contributed by atoms with van der Waals surface area (Å²) in [7, 11) is 0. The van der Waals surface area contributed by atoms with Crippen molar-refractivity contribution in [2.75, 3.05) is 0 Å². The Labute approximate surface area is 133 Å². The number of thiazole rings is 1. The molecule has 2 aliphatic carbocycles. The molecule has 3 rings (SSSR count). The standard InChI is InChI=1S/C18H30N2S/c1-12-6-5-7-14(10-12)17-20-16(13-8-9-13)15(21-17)11-19-18(2,3)4/h12-14,19H,5-11H2,1-4H3. The Bertz CT molecular complexity index is 482. The van der Waals surface area contributed by atoms with Gasteiger partial charge < -0.3 is 5.32 Å². The number of hydrogen-bond donors (Lipinski definition) is 1. The Morgan fingerprint density at radius 1 is 1.14 bits per heavy atom. The average Bonchev–Trinajstić information content (AvgIpc) is 3.15. The van der Waals surface area contributed by atoms with Gasteiger partial charge in [-0.1, -0.05) is 19.8 Å². The summed E-state index contributed by atoms with van der Waals surface area (Å²) >= 11 is 2.00. The number of aromatic nitrogens is 1. The van der Waals surface area contributed by atoms with Gasteiger partial charge in [-0.05, 0) is 52.4 Å². The zero-order valence-electron chi connectivity index (χ0n) is 14.0. The average molecular weight is 307 g/mol. The molecule has 2 aliphatic rings. The quantitative estimate of drug-likeness (QED) is 0.826. The third kappa shape index (κ3) is 4.07. The Balaban J connectivity index is 1.76. The van der Waals surface area contributed by atoms with Gasteiger partial charge in [0.25, 0.3) is 0 Å². The lowest BCUT2D eigenvalue weighted by Gasteiger charge is -2.24. The molecule has 2 atom stereocenters. The Kier molecular flexibility index (Phi) is 4.42. The Morgan fingerprint density at radius 3 is 2.52 bits per heavy atom. The molecule has 1 N–H and O–H groups in total. The summed E-state index contributed by atoms with van der Waals surface area (Å²) in [6.45, 7) is 10.1. The molecule has 0 spiro atoms. The number of nitrogens with one attached hydrogen (secondary N) is 1. The molecule has 2 nitrogen and oxygen atoms in total. The molecular weight excluding hydrogens is 276 g/mol. The molecule has 1 heterocycles. The van der Waals surface area contributed by atoms with Crippen molar-refractivity contribution in [1.29, 1.82) is 0 Å². The van der Waals surface area contributed by atoms with E-state index in [1.807, 2.05) is 11.3 Å². The van der Waals surface area contributed by atoms with Crippen molar-refractivity contribution in [1.82, 2.24) is 10.3 Å². The van der Waals surface area contributed by atoms with Crippen LogP contribution in [0.1, 0.15) is 93.6 Å². The third-order valence-corrected chi connectivity index (χ3v) is 6.01. The van der Waals surface area contributed by atoms with E-state index in [-0.39, 0.29) is 5.54 Å². The maximum Gasteiger partial charge on any atom is 0.0962 e. The molecule has 0 aromatic carbocycles. The zero-order valence-corrected chi connectivity index (χ0v) is 14.9. The normalized spacial score (nSPS) is 27.0. The van der Waals surface area contributed by atoms with Gasteiger partial charge in [0.05, 0.1) is 10.7 Å². The molecule has 1 aromatic rings. The summed E-state index contributed by atoms with van der Waals surface area (Å²) in [5, 5.41) is 5.10. The fourth-order valence-electron chi connectivity index (χ4n) is 3.36. The number of rotatable bonds is 4. The van der Waals surface area contributed by atoms with E-state index in [4.69, 9.17) is 4.98 Å². The van der Waals surface area contributed by atoms with Gasteiger partial charge in [-0.15, -0.1) is 11.3 Å². The molecule has 2 fully saturated rings. The second-order valence-electron chi connectivity index (χ2n) is 8.21. The molecule has 0 saturated heterocycles. The summed E-state index contributed by atoms with van der Waals surface area (Å²) < 4.78 is 0. The molecule has 2 unspecified atom stereocenters. The molecule has 21 heavy (non-hydrogen) atoms. The summed E-state index contributed by atoms with van der Waals surface area (Å²) in [6, 6.07) is 0. The van der Waals surface area contributed by atoms with Crippen LogP contribution in [0.3, 0.4) is 0 Å². The van der Waals surface area contributed by atoms with E-state index in [0.29, 0.717) is 0 Å². The summed E-state index contributed by atoms with van der Waals surface area (Å²) in [5.74, 6) is 2.39. The van der Waals surface area contributed by atoms with Crippen LogP contribution >= 0.6 is 11.3 Å². The first kappa shape index (κ1) is 15.5. The van der Waals surface area contributed by atoms with Crippen LogP contribution in [0.4, 0.5) is 0 Å². The van der Waals surface area contributed by atoms with E-state index in [1.54, 1.807) is 0 Å². The van der Waals surface area contributed by atoms with Crippen LogP contribution in [-0.2, 0) is 6.54 Å². The predicted octanol–water partition coefficient (Wildman–Crippen LogP) is 5.20. The minimum absolute atomic E-state index is 0.185. The molecule has 2 saturated carbocycles. The SMILES string of the molecule is CC1CCCC(c2nc(C3CC3)c(CNC(C)(C)C)s2)C1. The molecule has 1 aromatic heterocycles. The highest BCUT2D eigenvalue weighted by molar-refractivity contribution is 7.11. The summed E-state index contributed by atoms with van der Waals surface area (Å²) in [6.07, 6.45) is 8.22. The van der Waals surface area contributed by atoms with Crippen LogP contribution < -0.4 is 5.32 Å². The summed E-state index contributed by atoms with van der Waals surface area (Å²) in [4.78, 5) is 6.62. The maximum absolute atomic E-state index is 5.11. The smallest absolute Gasteiger partial charge is 0.0962 e. The monoisotopic (exact) mass is 306 g/mol. The minimum atomic E-state index is 0.185. The van der Waals surface area contributed by atoms with Crippen molar-refractivity contribution < 1.29 is 0 Å². The van der Waals surface area contributed by atoms with E-state index in [0.717, 1.165) is 24.3 Å². The Morgan fingerprint density at radius 2 is 1.90 bits per heavy atom. The largest absolute Gasteiger partial charge is 0.307 e. The first-order chi connectivity index (χ1) is 9.92. The summed E-state index contributed by atoms with van der Waals surface area (Å²) in [5.41, 5.74) is 1.62. The van der Waals surface area contributed by atoms with Crippen LogP contribution in [0.25, 0.3) is 0 Å². The first-order valence-electron chi connectivity index (χ1n) is 8.67. The Hall–Kier alpha value is -0.410. The highest BCUT2D eigenvalue weighted by Crippen LogP contribution is 2.45. The van der Waals surface area contributed by atoms with Crippen LogP contribution in [-0.4, -0.2) is 10.5 Å². The second kappa shape index (κ2) is 6.00. The van der Waals surface area contributed by atoms with E-state index in [1.165, 1.54) is 54.1 Å².